The minimum Gasteiger partial charge on any atom is -0.497 e. The minimum atomic E-state index is 0.0541. The lowest BCUT2D eigenvalue weighted by atomic mass is 10.1. The Kier molecular flexibility index (Phi) is 5.72. The van der Waals surface area contributed by atoms with Crippen LogP contribution in [0.1, 0.15) is 24.1 Å². The normalized spacial score (nSPS) is 16.7. The third-order valence-electron chi connectivity index (χ3n) is 5.39. The first-order chi connectivity index (χ1) is 14.1. The molecule has 0 spiro atoms. The average molecular weight is 389 g/mol. The van der Waals surface area contributed by atoms with E-state index in [4.69, 9.17) is 9.47 Å². The second-order valence-corrected chi connectivity index (χ2v) is 7.56. The van der Waals surface area contributed by atoms with Crippen molar-refractivity contribution in [2.45, 2.75) is 26.0 Å². The maximum atomic E-state index is 6.32. The number of para-hydroxylation sites is 2. The van der Waals surface area contributed by atoms with Gasteiger partial charge in [0.2, 0.25) is 0 Å². The number of rotatable bonds is 6. The zero-order valence-corrected chi connectivity index (χ0v) is 17.3. The largest absolute Gasteiger partial charge is 0.497 e. The van der Waals surface area contributed by atoms with Gasteiger partial charge in [-0.2, -0.15) is 0 Å². The van der Waals surface area contributed by atoms with E-state index in [2.05, 4.69) is 78.7 Å². The minimum absolute atomic E-state index is 0.0541. The summed E-state index contributed by atoms with van der Waals surface area (Å²) in [4.78, 5) is 2.36. The number of hydrogen-bond acceptors (Lipinski definition) is 4. The number of fused-ring (bicyclic) bond motifs is 1. The summed E-state index contributed by atoms with van der Waals surface area (Å²) in [6.07, 6.45) is 0.0541. The van der Waals surface area contributed by atoms with Gasteiger partial charge in [0.15, 0.2) is 0 Å². The van der Waals surface area contributed by atoms with Gasteiger partial charge in [0.05, 0.1) is 19.3 Å². The van der Waals surface area contributed by atoms with Crippen LogP contribution in [0.25, 0.3) is 0 Å². The number of ether oxygens (including phenoxy) is 2. The SMILES string of the molecule is COc1cccc([C@@H](C)NCC2CN(c3cccc(C)c3)c3ccccc3O2)c1. The van der Waals surface area contributed by atoms with Gasteiger partial charge in [-0.1, -0.05) is 36.4 Å². The Balaban J connectivity index is 1.50. The highest BCUT2D eigenvalue weighted by Crippen LogP contribution is 2.38. The van der Waals surface area contributed by atoms with Crippen LogP contribution in [0.3, 0.4) is 0 Å². The summed E-state index contributed by atoms with van der Waals surface area (Å²) in [5, 5.41) is 3.63. The van der Waals surface area contributed by atoms with Crippen LogP contribution in [0.15, 0.2) is 72.8 Å². The molecule has 4 heteroatoms. The highest BCUT2D eigenvalue weighted by Gasteiger charge is 2.26. The first kappa shape index (κ1) is 19.3. The standard InChI is InChI=1S/C25H28N2O2/c1-18-8-6-10-21(14-18)27-17-23(29-25-13-5-4-12-24(25)27)16-26-19(2)20-9-7-11-22(15-20)28-3/h4-15,19,23,26H,16-17H2,1-3H3/t19-,23?/m1/s1. The number of nitrogens with one attached hydrogen (secondary N) is 1. The Hall–Kier alpha value is -2.98. The zero-order valence-electron chi connectivity index (χ0n) is 17.3. The van der Waals surface area contributed by atoms with Crippen molar-refractivity contribution in [2.75, 3.05) is 25.1 Å². The van der Waals surface area contributed by atoms with Crippen molar-refractivity contribution in [1.82, 2.24) is 5.32 Å². The molecule has 1 aliphatic rings. The Morgan fingerprint density at radius 2 is 1.90 bits per heavy atom. The Labute approximate surface area is 173 Å². The van der Waals surface area contributed by atoms with Crippen molar-refractivity contribution in [1.29, 1.82) is 0 Å². The van der Waals surface area contributed by atoms with Gasteiger partial charge in [0.1, 0.15) is 17.6 Å². The smallest absolute Gasteiger partial charge is 0.143 e. The summed E-state index contributed by atoms with van der Waals surface area (Å²) in [5.41, 5.74) is 4.78. The molecular weight excluding hydrogens is 360 g/mol. The van der Waals surface area contributed by atoms with Crippen LogP contribution in [-0.4, -0.2) is 26.3 Å². The first-order valence-corrected chi connectivity index (χ1v) is 10.1. The van der Waals surface area contributed by atoms with Gasteiger partial charge < -0.3 is 19.7 Å². The lowest BCUT2D eigenvalue weighted by Crippen LogP contribution is -2.44. The molecule has 29 heavy (non-hydrogen) atoms. The van der Waals surface area contributed by atoms with Gasteiger partial charge in [-0.05, 0) is 61.4 Å². The number of methoxy groups -OCH3 is 1. The fourth-order valence-corrected chi connectivity index (χ4v) is 3.78. The summed E-state index contributed by atoms with van der Waals surface area (Å²) in [6.45, 7) is 5.86. The van der Waals surface area contributed by atoms with Crippen LogP contribution in [0.4, 0.5) is 11.4 Å². The van der Waals surface area contributed by atoms with Crippen LogP contribution < -0.4 is 19.7 Å². The predicted molar refractivity (Wildman–Crippen MR) is 118 cm³/mol. The lowest BCUT2D eigenvalue weighted by molar-refractivity contribution is 0.190. The van der Waals surface area contributed by atoms with E-state index >= 15 is 0 Å². The molecule has 0 bridgehead atoms. The molecule has 4 nitrogen and oxygen atoms in total. The van der Waals surface area contributed by atoms with Crippen molar-refractivity contribution in [3.05, 3.63) is 83.9 Å². The van der Waals surface area contributed by atoms with Crippen molar-refractivity contribution in [3.8, 4) is 11.5 Å². The monoisotopic (exact) mass is 388 g/mol. The Bertz CT molecular complexity index is 972. The van der Waals surface area contributed by atoms with E-state index in [1.807, 2.05) is 18.2 Å². The molecule has 0 saturated carbocycles. The van der Waals surface area contributed by atoms with Crippen LogP contribution in [0.2, 0.25) is 0 Å². The van der Waals surface area contributed by atoms with E-state index in [0.717, 1.165) is 30.3 Å². The number of nitrogens with zero attached hydrogens (tertiary/aromatic N) is 1. The maximum Gasteiger partial charge on any atom is 0.143 e. The van der Waals surface area contributed by atoms with Gasteiger partial charge >= 0.3 is 0 Å². The third-order valence-corrected chi connectivity index (χ3v) is 5.39. The van der Waals surface area contributed by atoms with Gasteiger partial charge in [-0.3, -0.25) is 0 Å². The van der Waals surface area contributed by atoms with Gasteiger partial charge in [-0.15, -0.1) is 0 Å². The molecular formula is C25H28N2O2. The van der Waals surface area contributed by atoms with Crippen LogP contribution in [0, 0.1) is 6.92 Å². The van der Waals surface area contributed by atoms with Gasteiger partial charge in [0.25, 0.3) is 0 Å². The summed E-state index contributed by atoms with van der Waals surface area (Å²) >= 11 is 0. The van der Waals surface area contributed by atoms with Gasteiger partial charge in [0, 0.05) is 18.3 Å². The van der Waals surface area contributed by atoms with Crippen molar-refractivity contribution >= 4 is 11.4 Å². The maximum absolute atomic E-state index is 6.32. The molecule has 1 aliphatic heterocycles. The first-order valence-electron chi connectivity index (χ1n) is 10.1. The van der Waals surface area contributed by atoms with E-state index in [9.17, 15) is 0 Å². The van der Waals surface area contributed by atoms with E-state index in [1.54, 1.807) is 7.11 Å². The third kappa shape index (κ3) is 4.38. The van der Waals surface area contributed by atoms with Crippen LogP contribution >= 0.6 is 0 Å². The molecule has 0 amide bonds. The van der Waals surface area contributed by atoms with E-state index in [1.165, 1.54) is 16.8 Å². The van der Waals surface area contributed by atoms with Crippen molar-refractivity contribution in [3.63, 3.8) is 0 Å². The Morgan fingerprint density at radius 3 is 2.72 bits per heavy atom. The molecule has 1 unspecified atom stereocenters. The summed E-state index contributed by atoms with van der Waals surface area (Å²) in [6, 6.07) is 25.3. The van der Waals surface area contributed by atoms with Crippen molar-refractivity contribution in [2.24, 2.45) is 0 Å². The zero-order chi connectivity index (χ0) is 20.2. The fraction of sp³-hybridized carbons (Fsp3) is 0.280. The quantitative estimate of drug-likeness (QED) is 0.625. The highest BCUT2D eigenvalue weighted by molar-refractivity contribution is 5.70. The molecule has 1 N–H and O–H groups in total. The second kappa shape index (κ2) is 8.58. The van der Waals surface area contributed by atoms with Crippen molar-refractivity contribution < 1.29 is 9.47 Å². The molecule has 0 aromatic heterocycles. The number of benzene rings is 3. The number of hydrogen-bond donors (Lipinski definition) is 1. The molecule has 0 aliphatic carbocycles. The molecule has 3 aromatic rings. The topological polar surface area (TPSA) is 33.7 Å². The predicted octanol–water partition coefficient (Wildman–Crippen LogP) is 5.25. The number of aryl methyl sites for hydroxylation is 1. The van der Waals surface area contributed by atoms with Gasteiger partial charge in [-0.25, -0.2) is 0 Å². The average Bonchev–Trinajstić information content (AvgIpc) is 2.77. The number of anilines is 2. The molecule has 4 rings (SSSR count). The molecule has 2 atom stereocenters. The second-order valence-electron chi connectivity index (χ2n) is 7.56. The van der Waals surface area contributed by atoms with E-state index < -0.39 is 0 Å². The lowest BCUT2D eigenvalue weighted by Gasteiger charge is -2.37. The van der Waals surface area contributed by atoms with Crippen LogP contribution in [-0.2, 0) is 0 Å². The summed E-state index contributed by atoms with van der Waals surface area (Å²) in [7, 11) is 1.70. The molecule has 1 heterocycles. The van der Waals surface area contributed by atoms with E-state index in [-0.39, 0.29) is 12.1 Å². The molecule has 3 aromatic carbocycles. The summed E-state index contributed by atoms with van der Waals surface area (Å²) < 4.78 is 11.7. The molecule has 0 radical (unpaired) electrons. The Morgan fingerprint density at radius 1 is 1.07 bits per heavy atom. The van der Waals surface area contributed by atoms with E-state index in [0.29, 0.717) is 0 Å². The summed E-state index contributed by atoms with van der Waals surface area (Å²) in [5.74, 6) is 1.81. The molecule has 0 saturated heterocycles. The molecule has 0 fully saturated rings. The highest BCUT2D eigenvalue weighted by atomic mass is 16.5. The van der Waals surface area contributed by atoms with Crippen LogP contribution in [0.5, 0.6) is 11.5 Å². The fourth-order valence-electron chi connectivity index (χ4n) is 3.78. The molecule has 150 valence electrons.